The number of nitrogens with zero attached hydrogens (tertiary/aromatic N) is 4. The fourth-order valence-corrected chi connectivity index (χ4v) is 3.81. The van der Waals surface area contributed by atoms with E-state index in [0.29, 0.717) is 22.9 Å². The van der Waals surface area contributed by atoms with Gasteiger partial charge >= 0.3 is 0 Å². The van der Waals surface area contributed by atoms with Crippen LogP contribution in [0, 0.1) is 0 Å². The summed E-state index contributed by atoms with van der Waals surface area (Å²) in [6.45, 7) is 2.22. The van der Waals surface area contributed by atoms with Crippen molar-refractivity contribution in [3.63, 3.8) is 0 Å². The number of benzene rings is 3. The maximum atomic E-state index is 12.3. The second-order valence-corrected chi connectivity index (χ2v) is 7.40. The normalized spacial score (nSPS) is 17.3. The quantitative estimate of drug-likeness (QED) is 0.662. The minimum atomic E-state index is -0.0939. The number of aliphatic imine (C=N–C) groups is 3. The summed E-state index contributed by atoms with van der Waals surface area (Å²) < 4.78 is 0. The number of rotatable bonds is 4. The van der Waals surface area contributed by atoms with Crippen LogP contribution in [0.2, 0.25) is 0 Å². The van der Waals surface area contributed by atoms with E-state index >= 15 is 0 Å². The Labute approximate surface area is 175 Å². The lowest BCUT2D eigenvalue weighted by Crippen LogP contribution is -2.17. The molecule has 3 aromatic carbocycles. The van der Waals surface area contributed by atoms with E-state index in [2.05, 4.69) is 27.0 Å². The first-order chi connectivity index (χ1) is 14.8. The van der Waals surface area contributed by atoms with Crippen LogP contribution in [0.1, 0.15) is 24.0 Å². The van der Waals surface area contributed by atoms with Crippen LogP contribution in [-0.2, 0) is 0 Å². The van der Waals surface area contributed by atoms with Crippen molar-refractivity contribution in [1.82, 2.24) is 0 Å². The van der Waals surface area contributed by atoms with Gasteiger partial charge in [-0.15, -0.1) is 0 Å². The highest BCUT2D eigenvalue weighted by molar-refractivity contribution is 6.54. The van der Waals surface area contributed by atoms with Crippen molar-refractivity contribution < 1.29 is 5.11 Å². The Hall–Kier alpha value is -3.73. The lowest BCUT2D eigenvalue weighted by atomic mass is 10.1. The highest BCUT2D eigenvalue weighted by Crippen LogP contribution is 2.25. The molecule has 2 aliphatic heterocycles. The molecule has 0 radical (unpaired) electrons. The summed E-state index contributed by atoms with van der Waals surface area (Å²) in [7, 11) is 0. The molecule has 0 aliphatic carbocycles. The maximum Gasteiger partial charge on any atom is 0.181 e. The zero-order chi connectivity index (χ0) is 20.3. The largest absolute Gasteiger partial charge is 0.872 e. The second kappa shape index (κ2) is 7.95. The van der Waals surface area contributed by atoms with E-state index in [9.17, 15) is 5.11 Å². The first kappa shape index (κ1) is 18.3. The van der Waals surface area contributed by atoms with E-state index in [4.69, 9.17) is 4.99 Å². The van der Waals surface area contributed by atoms with Gasteiger partial charge in [0.25, 0.3) is 0 Å². The molecule has 30 heavy (non-hydrogen) atoms. The third-order valence-corrected chi connectivity index (χ3v) is 5.37. The molecule has 5 rings (SSSR count). The van der Waals surface area contributed by atoms with Gasteiger partial charge in [0, 0.05) is 29.9 Å². The molecule has 5 nitrogen and oxygen atoms in total. The molecule has 1 fully saturated rings. The summed E-state index contributed by atoms with van der Waals surface area (Å²) in [5, 5.41) is 12.3. The molecular weight excluding hydrogens is 372 g/mol. The lowest BCUT2D eigenvalue weighted by Gasteiger charge is -2.17. The van der Waals surface area contributed by atoms with Gasteiger partial charge in [0.2, 0.25) is 0 Å². The van der Waals surface area contributed by atoms with Gasteiger partial charge in [0.1, 0.15) is 5.71 Å². The van der Waals surface area contributed by atoms with Gasteiger partial charge in [-0.05, 0) is 37.1 Å². The minimum absolute atomic E-state index is 0.0939. The third-order valence-electron chi connectivity index (χ3n) is 5.37. The molecule has 0 unspecified atom stereocenters. The SMILES string of the molecule is [O-]c1ccccc1C1=NC(=Nc2ccc(N3CCCC3)cc2)C(c2ccccc2)=N1. The average Bonchev–Trinajstić information content (AvgIpc) is 3.46. The monoisotopic (exact) mass is 393 g/mol. The fourth-order valence-electron chi connectivity index (χ4n) is 3.81. The Morgan fingerprint density at radius 1 is 0.767 bits per heavy atom. The van der Waals surface area contributed by atoms with Crippen LogP contribution < -0.4 is 10.0 Å². The van der Waals surface area contributed by atoms with Gasteiger partial charge in [-0.25, -0.2) is 15.0 Å². The first-order valence-corrected chi connectivity index (χ1v) is 10.2. The molecule has 148 valence electrons. The minimum Gasteiger partial charge on any atom is -0.872 e. The number of anilines is 1. The van der Waals surface area contributed by atoms with Gasteiger partial charge in [-0.3, -0.25) is 0 Å². The second-order valence-electron chi connectivity index (χ2n) is 7.40. The summed E-state index contributed by atoms with van der Waals surface area (Å²) in [4.78, 5) is 16.5. The molecule has 0 bridgehead atoms. The van der Waals surface area contributed by atoms with Gasteiger partial charge in [0.15, 0.2) is 11.7 Å². The maximum absolute atomic E-state index is 12.3. The number of amidine groups is 2. The number of hydrogen-bond donors (Lipinski definition) is 0. The standard InChI is InChI=1S/C25H22N4O/c30-22-11-5-4-10-21(22)24-27-23(18-8-2-1-3-9-18)25(28-24)26-19-12-14-20(15-13-19)29-16-6-7-17-29/h1-5,8-15,30H,6-7,16-17H2/p-1. The van der Waals surface area contributed by atoms with Gasteiger partial charge in [-0.1, -0.05) is 60.3 Å². The zero-order valence-corrected chi connectivity index (χ0v) is 16.5. The predicted octanol–water partition coefficient (Wildman–Crippen LogP) is 4.34. The molecular formula is C25H21N4O-. The molecule has 0 spiro atoms. The Kier molecular flexibility index (Phi) is 4.85. The average molecular weight is 393 g/mol. The van der Waals surface area contributed by atoms with Crippen molar-refractivity contribution in [2.45, 2.75) is 12.8 Å². The van der Waals surface area contributed by atoms with E-state index in [-0.39, 0.29) is 5.75 Å². The summed E-state index contributed by atoms with van der Waals surface area (Å²) in [6, 6.07) is 24.9. The highest BCUT2D eigenvalue weighted by Gasteiger charge is 2.21. The van der Waals surface area contributed by atoms with E-state index in [1.54, 1.807) is 12.1 Å². The van der Waals surface area contributed by atoms with Crippen LogP contribution in [0.15, 0.2) is 93.8 Å². The van der Waals surface area contributed by atoms with Crippen LogP contribution in [0.3, 0.4) is 0 Å². The van der Waals surface area contributed by atoms with Crippen LogP contribution in [-0.4, -0.2) is 30.5 Å². The number of hydrogen-bond acceptors (Lipinski definition) is 4. The molecule has 0 saturated carbocycles. The van der Waals surface area contributed by atoms with E-state index in [1.165, 1.54) is 24.6 Å². The predicted molar refractivity (Wildman–Crippen MR) is 120 cm³/mol. The smallest absolute Gasteiger partial charge is 0.181 e. The van der Waals surface area contributed by atoms with Crippen molar-refractivity contribution in [3.8, 4) is 5.75 Å². The Morgan fingerprint density at radius 2 is 1.47 bits per heavy atom. The van der Waals surface area contributed by atoms with Crippen molar-refractivity contribution >= 4 is 28.8 Å². The highest BCUT2D eigenvalue weighted by atomic mass is 16.3. The fraction of sp³-hybridized carbons (Fsp3) is 0.160. The van der Waals surface area contributed by atoms with Crippen LogP contribution in [0.4, 0.5) is 11.4 Å². The van der Waals surface area contributed by atoms with Crippen molar-refractivity contribution in [2.24, 2.45) is 15.0 Å². The molecule has 0 aromatic heterocycles. The molecule has 0 N–H and O–H groups in total. The van der Waals surface area contributed by atoms with Gasteiger partial charge in [0.05, 0.1) is 5.69 Å². The van der Waals surface area contributed by atoms with Crippen LogP contribution in [0.5, 0.6) is 5.75 Å². The van der Waals surface area contributed by atoms with E-state index < -0.39 is 0 Å². The van der Waals surface area contributed by atoms with E-state index in [0.717, 1.165) is 24.3 Å². The molecule has 2 aliphatic rings. The van der Waals surface area contributed by atoms with Crippen LogP contribution in [0.25, 0.3) is 0 Å². The van der Waals surface area contributed by atoms with Crippen molar-refractivity contribution in [3.05, 3.63) is 90.0 Å². The molecule has 3 aromatic rings. The molecule has 0 atom stereocenters. The van der Waals surface area contributed by atoms with Crippen LogP contribution >= 0.6 is 0 Å². The Morgan fingerprint density at radius 3 is 2.20 bits per heavy atom. The topological polar surface area (TPSA) is 63.4 Å². The van der Waals surface area contributed by atoms with Crippen molar-refractivity contribution in [1.29, 1.82) is 0 Å². The molecule has 5 heteroatoms. The first-order valence-electron chi connectivity index (χ1n) is 10.2. The third kappa shape index (κ3) is 3.62. The zero-order valence-electron chi connectivity index (χ0n) is 16.5. The summed E-state index contributed by atoms with van der Waals surface area (Å²) in [5.74, 6) is 0.837. The van der Waals surface area contributed by atoms with E-state index in [1.807, 2.05) is 48.5 Å². The summed E-state index contributed by atoms with van der Waals surface area (Å²) >= 11 is 0. The van der Waals surface area contributed by atoms with Gasteiger partial charge in [-0.2, -0.15) is 0 Å². The molecule has 2 heterocycles. The summed E-state index contributed by atoms with van der Waals surface area (Å²) in [6.07, 6.45) is 2.50. The Bertz CT molecular complexity index is 1140. The molecule has 0 amide bonds. The van der Waals surface area contributed by atoms with Gasteiger partial charge < -0.3 is 10.0 Å². The Balaban J connectivity index is 1.52. The lowest BCUT2D eigenvalue weighted by molar-refractivity contribution is -0.268. The number of para-hydroxylation sites is 1. The summed E-state index contributed by atoms with van der Waals surface area (Å²) in [5.41, 5.74) is 4.13. The van der Waals surface area contributed by atoms with Crippen molar-refractivity contribution in [2.75, 3.05) is 18.0 Å². The molecule has 1 saturated heterocycles.